The summed E-state index contributed by atoms with van der Waals surface area (Å²) < 4.78 is 14.5. The maximum atomic E-state index is 13.6. The Balaban J connectivity index is 1.90. The van der Waals surface area contributed by atoms with E-state index in [4.69, 9.17) is 0 Å². The fourth-order valence-electron chi connectivity index (χ4n) is 4.71. The summed E-state index contributed by atoms with van der Waals surface area (Å²) in [4.78, 5) is 15.1. The number of hydrogen-bond donors (Lipinski definition) is 0. The largest absolute Gasteiger partial charge is 0.314 e. The third kappa shape index (κ3) is 2.78. The summed E-state index contributed by atoms with van der Waals surface area (Å²) in [6, 6.07) is 3.16. The quantitative estimate of drug-likeness (QED) is 0.780. The molecule has 2 fully saturated rings. The Kier molecular flexibility index (Phi) is 4.45. The molecule has 3 rings (SSSR count). The molecule has 1 unspecified atom stereocenters. The third-order valence-electron chi connectivity index (χ3n) is 5.90. The van der Waals surface area contributed by atoms with Crippen molar-refractivity contribution in [1.82, 2.24) is 0 Å². The molecule has 1 aromatic rings. The van der Waals surface area contributed by atoms with Crippen LogP contribution in [0.1, 0.15) is 43.7 Å². The highest BCUT2D eigenvalue weighted by atomic mass is 19.1. The molecule has 4 heteroatoms. The lowest BCUT2D eigenvalue weighted by atomic mass is 10.0. The zero-order chi connectivity index (χ0) is 16.6. The van der Waals surface area contributed by atoms with Crippen LogP contribution in [0.2, 0.25) is 0 Å². The number of piperidine rings is 1. The molecule has 23 heavy (non-hydrogen) atoms. The minimum Gasteiger partial charge on any atom is -0.314 e. The molecule has 2 aliphatic heterocycles. The smallest absolute Gasteiger partial charge is 0.285 e. The molecular weight excluding hydrogens is 291 g/mol. The molecule has 126 valence electrons. The van der Waals surface area contributed by atoms with Gasteiger partial charge in [-0.15, -0.1) is 0 Å². The summed E-state index contributed by atoms with van der Waals surface area (Å²) in [6.07, 6.45) is 4.67. The minimum absolute atomic E-state index is 0.0872. The van der Waals surface area contributed by atoms with Crippen LogP contribution < -0.4 is 4.90 Å². The van der Waals surface area contributed by atoms with Crippen LogP contribution in [0.5, 0.6) is 0 Å². The topological polar surface area (TPSA) is 20.3 Å². The average molecular weight is 319 g/mol. The Labute approximate surface area is 138 Å². The number of benzene rings is 1. The van der Waals surface area contributed by atoms with Crippen LogP contribution in [0, 0.1) is 19.7 Å². The number of quaternary nitrogens is 1. The Hall–Kier alpha value is -1.42. The molecule has 2 saturated heterocycles. The molecule has 1 amide bonds. The highest BCUT2D eigenvalue weighted by Crippen LogP contribution is 2.35. The van der Waals surface area contributed by atoms with Crippen LogP contribution in [-0.4, -0.2) is 42.6 Å². The van der Waals surface area contributed by atoms with Crippen LogP contribution in [0.3, 0.4) is 0 Å². The van der Waals surface area contributed by atoms with E-state index in [0.717, 1.165) is 53.9 Å². The maximum absolute atomic E-state index is 13.6. The first kappa shape index (κ1) is 16.4. The van der Waals surface area contributed by atoms with Crippen molar-refractivity contribution in [3.63, 3.8) is 0 Å². The Bertz CT molecular complexity index is 584. The molecular formula is C19H28FN2O+. The minimum atomic E-state index is -0.222. The molecule has 2 heterocycles. The van der Waals surface area contributed by atoms with Crippen molar-refractivity contribution < 1.29 is 13.7 Å². The molecule has 2 aliphatic rings. The van der Waals surface area contributed by atoms with Crippen molar-refractivity contribution in [3.8, 4) is 0 Å². The van der Waals surface area contributed by atoms with Gasteiger partial charge >= 0.3 is 0 Å². The van der Waals surface area contributed by atoms with Crippen LogP contribution >= 0.6 is 0 Å². The molecule has 0 aromatic heterocycles. The van der Waals surface area contributed by atoms with E-state index in [1.165, 1.54) is 31.4 Å². The van der Waals surface area contributed by atoms with Gasteiger partial charge < -0.3 is 9.38 Å². The van der Waals surface area contributed by atoms with Crippen molar-refractivity contribution >= 4 is 11.6 Å². The third-order valence-corrected chi connectivity index (χ3v) is 5.90. The lowest BCUT2D eigenvalue weighted by Gasteiger charge is -2.44. The number of rotatable bonds is 3. The molecule has 0 saturated carbocycles. The van der Waals surface area contributed by atoms with Crippen LogP contribution in [-0.2, 0) is 4.79 Å². The molecule has 0 N–H and O–H groups in total. The van der Waals surface area contributed by atoms with Crippen molar-refractivity contribution in [1.29, 1.82) is 0 Å². The second-order valence-electron chi connectivity index (χ2n) is 7.23. The van der Waals surface area contributed by atoms with Gasteiger partial charge in [-0.25, -0.2) is 4.39 Å². The number of carbonyl (C=O) groups is 1. The number of anilines is 1. The van der Waals surface area contributed by atoms with E-state index in [1.54, 1.807) is 0 Å². The van der Waals surface area contributed by atoms with Gasteiger partial charge in [0.15, 0.2) is 6.04 Å². The van der Waals surface area contributed by atoms with Gasteiger partial charge in [0.05, 0.1) is 19.6 Å². The fourth-order valence-corrected chi connectivity index (χ4v) is 4.71. The summed E-state index contributed by atoms with van der Waals surface area (Å²) in [5.74, 6) is 0.0200. The zero-order valence-corrected chi connectivity index (χ0v) is 14.6. The van der Waals surface area contributed by atoms with Crippen molar-refractivity contribution in [2.75, 3.05) is 31.1 Å². The molecule has 0 bridgehead atoms. The van der Waals surface area contributed by atoms with E-state index >= 15 is 0 Å². The van der Waals surface area contributed by atoms with Gasteiger partial charge in [0, 0.05) is 18.7 Å². The van der Waals surface area contributed by atoms with E-state index in [9.17, 15) is 9.18 Å². The van der Waals surface area contributed by atoms with E-state index in [1.807, 2.05) is 18.7 Å². The first-order valence-electron chi connectivity index (χ1n) is 8.92. The van der Waals surface area contributed by atoms with Crippen LogP contribution in [0.25, 0.3) is 0 Å². The normalized spacial score (nSPS) is 24.3. The number of likely N-dealkylation sites (tertiary alicyclic amines) is 1. The van der Waals surface area contributed by atoms with Gasteiger partial charge in [-0.2, -0.15) is 0 Å². The Morgan fingerprint density at radius 1 is 1.17 bits per heavy atom. The highest BCUT2D eigenvalue weighted by Gasteiger charge is 2.47. The van der Waals surface area contributed by atoms with Gasteiger partial charge in [-0.3, -0.25) is 4.79 Å². The van der Waals surface area contributed by atoms with Crippen LogP contribution in [0.15, 0.2) is 12.1 Å². The predicted molar refractivity (Wildman–Crippen MR) is 91.0 cm³/mol. The first-order chi connectivity index (χ1) is 11.0. The molecule has 3 nitrogen and oxygen atoms in total. The zero-order valence-electron chi connectivity index (χ0n) is 14.6. The number of nitrogens with zero attached hydrogens (tertiary/aromatic N) is 2. The second kappa shape index (κ2) is 6.23. The summed E-state index contributed by atoms with van der Waals surface area (Å²) >= 11 is 0. The van der Waals surface area contributed by atoms with E-state index in [0.29, 0.717) is 0 Å². The maximum Gasteiger partial charge on any atom is 0.285 e. The van der Waals surface area contributed by atoms with Gasteiger partial charge in [0.1, 0.15) is 5.82 Å². The predicted octanol–water partition coefficient (Wildman–Crippen LogP) is 3.57. The number of halogens is 1. The fraction of sp³-hybridized carbons (Fsp3) is 0.632. The van der Waals surface area contributed by atoms with Crippen molar-refractivity contribution in [2.24, 2.45) is 0 Å². The second-order valence-corrected chi connectivity index (χ2v) is 7.23. The van der Waals surface area contributed by atoms with Gasteiger partial charge in [0.2, 0.25) is 0 Å². The molecule has 0 aliphatic carbocycles. The van der Waals surface area contributed by atoms with Crippen molar-refractivity contribution in [2.45, 2.75) is 52.5 Å². The standard InChI is InChI=1S/C19H28FN2O/c1-4-22(10-6-5-7-11-22)17-8-9-21(19(17)23)18-14(2)12-16(20)13-15(18)3/h12-13,17H,4-11H2,1-3H3/q+1. The van der Waals surface area contributed by atoms with Crippen LogP contribution in [0.4, 0.5) is 10.1 Å². The summed E-state index contributed by atoms with van der Waals surface area (Å²) in [7, 11) is 0. The molecule has 0 radical (unpaired) electrons. The number of aryl methyl sites for hydroxylation is 2. The van der Waals surface area contributed by atoms with Crippen molar-refractivity contribution in [3.05, 3.63) is 29.1 Å². The Morgan fingerprint density at radius 3 is 2.35 bits per heavy atom. The van der Waals surface area contributed by atoms with Gasteiger partial charge in [-0.1, -0.05) is 0 Å². The van der Waals surface area contributed by atoms with E-state index in [-0.39, 0.29) is 17.8 Å². The van der Waals surface area contributed by atoms with E-state index < -0.39 is 0 Å². The monoisotopic (exact) mass is 319 g/mol. The molecule has 0 spiro atoms. The van der Waals surface area contributed by atoms with Gasteiger partial charge in [0.25, 0.3) is 5.91 Å². The molecule has 1 atom stereocenters. The summed E-state index contributed by atoms with van der Waals surface area (Å²) in [6.45, 7) is 10.1. The average Bonchev–Trinajstić information content (AvgIpc) is 2.89. The number of carbonyl (C=O) groups excluding carboxylic acids is 1. The summed E-state index contributed by atoms with van der Waals surface area (Å²) in [5.41, 5.74) is 2.64. The highest BCUT2D eigenvalue weighted by molar-refractivity contribution is 6.00. The number of amides is 1. The van der Waals surface area contributed by atoms with E-state index in [2.05, 4.69) is 6.92 Å². The molecule has 1 aromatic carbocycles. The first-order valence-corrected chi connectivity index (χ1v) is 8.92. The van der Waals surface area contributed by atoms with Gasteiger partial charge in [-0.05, 0) is 63.3 Å². The summed E-state index contributed by atoms with van der Waals surface area (Å²) in [5, 5.41) is 0. The SMILES string of the molecule is CC[N+]1(C2CCN(c3c(C)cc(F)cc3C)C2=O)CCCCC1. The number of likely N-dealkylation sites (N-methyl/N-ethyl adjacent to an activating group) is 1. The lowest BCUT2D eigenvalue weighted by molar-refractivity contribution is -0.944. The number of hydrogen-bond acceptors (Lipinski definition) is 1. The Morgan fingerprint density at radius 2 is 1.78 bits per heavy atom. The lowest BCUT2D eigenvalue weighted by Crippen LogP contribution is -2.60.